The number of nitrogens with one attached hydrogen (secondary N) is 1. The molecule has 1 aromatic rings. The third-order valence-corrected chi connectivity index (χ3v) is 3.43. The van der Waals surface area contributed by atoms with Gasteiger partial charge in [-0.25, -0.2) is 0 Å². The number of amides is 1. The van der Waals surface area contributed by atoms with Gasteiger partial charge in [-0.2, -0.15) is 0 Å². The maximum Gasteiger partial charge on any atom is 0.232 e. The summed E-state index contributed by atoms with van der Waals surface area (Å²) in [6.07, 6.45) is 0.482. The number of carbonyl (C=O) groups is 1. The highest BCUT2D eigenvalue weighted by atomic mass is 16.2. The van der Waals surface area contributed by atoms with E-state index < -0.39 is 0 Å². The monoisotopic (exact) mass is 247 g/mol. The first-order valence-corrected chi connectivity index (χ1v) is 6.29. The van der Waals surface area contributed by atoms with Crippen LogP contribution in [0.5, 0.6) is 0 Å². The zero-order chi connectivity index (χ0) is 13.3. The predicted octanol–water partition coefficient (Wildman–Crippen LogP) is 1.03. The summed E-state index contributed by atoms with van der Waals surface area (Å²) in [4.78, 5) is 14.1. The lowest BCUT2D eigenvalue weighted by Gasteiger charge is -2.36. The molecule has 4 heteroatoms. The van der Waals surface area contributed by atoms with E-state index in [-0.39, 0.29) is 11.4 Å². The van der Waals surface area contributed by atoms with Crippen LogP contribution < -0.4 is 16.0 Å². The van der Waals surface area contributed by atoms with Crippen molar-refractivity contribution >= 4 is 11.6 Å². The third kappa shape index (κ3) is 2.13. The van der Waals surface area contributed by atoms with Crippen molar-refractivity contribution in [2.45, 2.75) is 32.4 Å². The van der Waals surface area contributed by atoms with Crippen molar-refractivity contribution in [2.75, 3.05) is 18.5 Å². The number of hydrogen-bond acceptors (Lipinski definition) is 3. The Morgan fingerprint density at radius 3 is 2.78 bits per heavy atom. The van der Waals surface area contributed by atoms with Crippen LogP contribution in [0.25, 0.3) is 0 Å². The molecule has 0 unspecified atom stereocenters. The SMILES string of the molecule is CNCC(C)(C)N1C(=O)Cc2cc(CN)ccc21. The molecule has 0 aromatic heterocycles. The normalized spacial score (nSPS) is 15.1. The van der Waals surface area contributed by atoms with Crippen LogP contribution in [0.1, 0.15) is 25.0 Å². The second-order valence-corrected chi connectivity index (χ2v) is 5.42. The van der Waals surface area contributed by atoms with Gasteiger partial charge in [0, 0.05) is 18.8 Å². The second-order valence-electron chi connectivity index (χ2n) is 5.42. The summed E-state index contributed by atoms with van der Waals surface area (Å²) in [7, 11) is 1.90. The Labute approximate surface area is 108 Å². The molecule has 98 valence electrons. The van der Waals surface area contributed by atoms with Gasteiger partial charge in [0.05, 0.1) is 12.0 Å². The quantitative estimate of drug-likeness (QED) is 0.835. The number of nitrogens with two attached hydrogens (primary N) is 1. The summed E-state index contributed by atoms with van der Waals surface area (Å²) in [6.45, 7) is 5.43. The fourth-order valence-electron chi connectivity index (χ4n) is 2.68. The van der Waals surface area contributed by atoms with Gasteiger partial charge in [-0.15, -0.1) is 0 Å². The van der Waals surface area contributed by atoms with E-state index in [2.05, 4.69) is 19.2 Å². The Bertz CT molecular complexity index is 468. The Kier molecular flexibility index (Phi) is 3.41. The largest absolute Gasteiger partial charge is 0.326 e. The summed E-state index contributed by atoms with van der Waals surface area (Å²) in [6, 6.07) is 6.06. The maximum absolute atomic E-state index is 12.2. The highest BCUT2D eigenvalue weighted by Gasteiger charge is 2.37. The summed E-state index contributed by atoms with van der Waals surface area (Å²) in [5.74, 6) is 0.166. The van der Waals surface area contributed by atoms with E-state index >= 15 is 0 Å². The van der Waals surface area contributed by atoms with Gasteiger partial charge in [-0.3, -0.25) is 4.79 Å². The number of hydrogen-bond donors (Lipinski definition) is 2. The third-order valence-electron chi connectivity index (χ3n) is 3.43. The van der Waals surface area contributed by atoms with Gasteiger partial charge >= 0.3 is 0 Å². The van der Waals surface area contributed by atoms with Crippen LogP contribution in [0, 0.1) is 0 Å². The fraction of sp³-hybridized carbons (Fsp3) is 0.500. The van der Waals surface area contributed by atoms with Crippen molar-refractivity contribution in [3.63, 3.8) is 0 Å². The van der Waals surface area contributed by atoms with E-state index in [1.165, 1.54) is 0 Å². The Hall–Kier alpha value is -1.39. The highest BCUT2D eigenvalue weighted by Crippen LogP contribution is 2.34. The van der Waals surface area contributed by atoms with E-state index in [0.29, 0.717) is 13.0 Å². The minimum absolute atomic E-state index is 0.166. The first kappa shape index (κ1) is 13.1. The molecule has 0 radical (unpaired) electrons. The van der Waals surface area contributed by atoms with E-state index in [9.17, 15) is 4.79 Å². The minimum Gasteiger partial charge on any atom is -0.326 e. The van der Waals surface area contributed by atoms with E-state index in [1.54, 1.807) is 0 Å². The number of fused-ring (bicyclic) bond motifs is 1. The molecule has 1 aliphatic rings. The summed E-state index contributed by atoms with van der Waals surface area (Å²) < 4.78 is 0. The maximum atomic E-state index is 12.2. The van der Waals surface area contributed by atoms with Crippen molar-refractivity contribution in [3.8, 4) is 0 Å². The van der Waals surface area contributed by atoms with Gasteiger partial charge in [-0.05, 0) is 38.1 Å². The van der Waals surface area contributed by atoms with Crippen LogP contribution in [0.3, 0.4) is 0 Å². The van der Waals surface area contributed by atoms with Crippen LogP contribution in [0.2, 0.25) is 0 Å². The molecule has 0 saturated carbocycles. The zero-order valence-corrected chi connectivity index (χ0v) is 11.3. The molecule has 0 aliphatic carbocycles. The van der Waals surface area contributed by atoms with Crippen molar-refractivity contribution < 1.29 is 4.79 Å². The topological polar surface area (TPSA) is 58.4 Å². The number of rotatable bonds is 4. The first-order valence-electron chi connectivity index (χ1n) is 6.29. The summed E-state index contributed by atoms with van der Waals surface area (Å²) >= 11 is 0. The molecule has 0 saturated heterocycles. The average molecular weight is 247 g/mol. The number of likely N-dealkylation sites (N-methyl/N-ethyl adjacent to an activating group) is 1. The molecule has 1 aliphatic heterocycles. The van der Waals surface area contributed by atoms with Crippen LogP contribution in [0.15, 0.2) is 18.2 Å². The molecule has 0 fully saturated rings. The molecule has 4 nitrogen and oxygen atoms in total. The van der Waals surface area contributed by atoms with Crippen molar-refractivity contribution in [2.24, 2.45) is 5.73 Å². The standard InChI is InChI=1S/C14H21N3O/c1-14(2,9-16-3)17-12-5-4-10(8-15)6-11(12)7-13(17)18/h4-6,16H,7-9,15H2,1-3H3. The number of carbonyl (C=O) groups excluding carboxylic acids is 1. The van der Waals surface area contributed by atoms with Gasteiger partial charge in [0.15, 0.2) is 0 Å². The highest BCUT2D eigenvalue weighted by molar-refractivity contribution is 6.02. The molecular weight excluding hydrogens is 226 g/mol. The van der Waals surface area contributed by atoms with Crippen LogP contribution >= 0.6 is 0 Å². The molecule has 0 atom stereocenters. The molecule has 3 N–H and O–H groups in total. The average Bonchev–Trinajstić information content (AvgIpc) is 2.64. The number of anilines is 1. The predicted molar refractivity (Wildman–Crippen MR) is 73.5 cm³/mol. The smallest absolute Gasteiger partial charge is 0.232 e. The van der Waals surface area contributed by atoms with Crippen LogP contribution in [0.4, 0.5) is 5.69 Å². The molecule has 1 aromatic carbocycles. The molecular formula is C14H21N3O. The van der Waals surface area contributed by atoms with E-state index in [1.807, 2.05) is 30.1 Å². The van der Waals surface area contributed by atoms with E-state index in [0.717, 1.165) is 23.4 Å². The molecule has 18 heavy (non-hydrogen) atoms. The number of nitrogens with zero attached hydrogens (tertiary/aromatic N) is 1. The molecule has 1 amide bonds. The van der Waals surface area contributed by atoms with Gasteiger partial charge in [0.2, 0.25) is 5.91 Å². The van der Waals surface area contributed by atoms with Crippen molar-refractivity contribution in [1.29, 1.82) is 0 Å². The lowest BCUT2D eigenvalue weighted by atomic mass is 10.0. The Morgan fingerprint density at radius 1 is 1.44 bits per heavy atom. The first-order chi connectivity index (χ1) is 8.49. The second kappa shape index (κ2) is 4.71. The fourth-order valence-corrected chi connectivity index (χ4v) is 2.68. The van der Waals surface area contributed by atoms with Crippen LogP contribution in [-0.4, -0.2) is 25.0 Å². The molecule has 2 rings (SSSR count). The zero-order valence-electron chi connectivity index (χ0n) is 11.3. The lowest BCUT2D eigenvalue weighted by molar-refractivity contribution is -0.118. The van der Waals surface area contributed by atoms with Gasteiger partial charge < -0.3 is 16.0 Å². The van der Waals surface area contributed by atoms with Crippen molar-refractivity contribution in [1.82, 2.24) is 5.32 Å². The molecule has 1 heterocycles. The van der Waals surface area contributed by atoms with Crippen LogP contribution in [-0.2, 0) is 17.8 Å². The molecule has 0 spiro atoms. The number of benzene rings is 1. The minimum atomic E-state index is -0.221. The Balaban J connectivity index is 2.39. The summed E-state index contributed by atoms with van der Waals surface area (Å²) in [5, 5.41) is 3.14. The molecule has 0 bridgehead atoms. The van der Waals surface area contributed by atoms with Gasteiger partial charge in [0.25, 0.3) is 0 Å². The van der Waals surface area contributed by atoms with Gasteiger partial charge in [-0.1, -0.05) is 12.1 Å². The summed E-state index contributed by atoms with van der Waals surface area (Å²) in [5.41, 5.74) is 8.61. The lowest BCUT2D eigenvalue weighted by Crippen LogP contribution is -2.51. The Morgan fingerprint density at radius 2 is 2.17 bits per heavy atom. The van der Waals surface area contributed by atoms with Gasteiger partial charge in [0.1, 0.15) is 0 Å². The van der Waals surface area contributed by atoms with E-state index in [4.69, 9.17) is 5.73 Å². The van der Waals surface area contributed by atoms with Crippen molar-refractivity contribution in [3.05, 3.63) is 29.3 Å².